The van der Waals surface area contributed by atoms with Crippen LogP contribution in [0.1, 0.15) is 21.6 Å². The van der Waals surface area contributed by atoms with Crippen LogP contribution in [0.3, 0.4) is 0 Å². The van der Waals surface area contributed by atoms with Gasteiger partial charge in [-0.25, -0.2) is 23.1 Å². The Hall–Kier alpha value is -4.59. The van der Waals surface area contributed by atoms with Crippen LogP contribution >= 0.6 is 0 Å². The van der Waals surface area contributed by atoms with Crippen LogP contribution < -0.4 is 19.5 Å². The van der Waals surface area contributed by atoms with E-state index in [4.69, 9.17) is 14.2 Å². The molecule has 0 radical (unpaired) electrons. The Balaban J connectivity index is 1.58. The fraction of sp³-hybridized carbons (Fsp3) is 0.300. The first-order chi connectivity index (χ1) is 20.9. The standard InChI is InChI=1S/C30H25F6N3O5/c1-42-20-8-17-7-18(9-22(43-2)24(17)37-11-20)27(40)38-14-29(41,30(34,35)36)23-10-21-26(44-15-28(21,12-31)13-32)25(39-23)16-3-5-19(33)6-4-16/h3-11,41H,12-15H2,1-2H3,(H,38,40). The Labute approximate surface area is 246 Å². The number of rotatable bonds is 9. The molecular weight excluding hydrogens is 596 g/mol. The number of methoxy groups -OCH3 is 2. The number of carbonyl (C=O) groups excluding carboxylic acids is 1. The molecule has 3 heterocycles. The van der Waals surface area contributed by atoms with Crippen LogP contribution in [0.2, 0.25) is 0 Å². The molecule has 0 saturated carbocycles. The number of ether oxygens (including phenoxy) is 3. The highest BCUT2D eigenvalue weighted by molar-refractivity contribution is 6.00. The topological polar surface area (TPSA) is 103 Å². The predicted octanol–water partition coefficient (Wildman–Crippen LogP) is 5.20. The molecule has 1 amide bonds. The van der Waals surface area contributed by atoms with Gasteiger partial charge in [0.1, 0.15) is 54.2 Å². The first-order valence-electron chi connectivity index (χ1n) is 13.1. The fourth-order valence-corrected chi connectivity index (χ4v) is 4.87. The van der Waals surface area contributed by atoms with Crippen LogP contribution in [-0.4, -0.2) is 67.9 Å². The molecule has 0 spiro atoms. The van der Waals surface area contributed by atoms with Crippen molar-refractivity contribution < 1.29 is 50.5 Å². The summed E-state index contributed by atoms with van der Waals surface area (Å²) in [6.07, 6.45) is -4.02. The van der Waals surface area contributed by atoms with E-state index in [-0.39, 0.29) is 33.9 Å². The second-order valence-electron chi connectivity index (χ2n) is 10.2. The number of pyridine rings is 2. The van der Waals surface area contributed by atoms with Gasteiger partial charge in [0.05, 0.1) is 38.1 Å². The summed E-state index contributed by atoms with van der Waals surface area (Å²) in [5, 5.41) is 13.7. The summed E-state index contributed by atoms with van der Waals surface area (Å²) in [7, 11) is 2.72. The van der Waals surface area contributed by atoms with Crippen molar-refractivity contribution in [3.8, 4) is 28.5 Å². The molecule has 14 heteroatoms. The third-order valence-corrected chi connectivity index (χ3v) is 7.50. The maximum atomic E-state index is 14.6. The van der Waals surface area contributed by atoms with Crippen molar-refractivity contribution in [3.63, 3.8) is 0 Å². The molecule has 0 bridgehead atoms. The summed E-state index contributed by atoms with van der Waals surface area (Å²) in [6, 6.07) is 9.31. The fourth-order valence-electron chi connectivity index (χ4n) is 4.87. The number of nitrogens with zero attached hydrogens (tertiary/aromatic N) is 2. The van der Waals surface area contributed by atoms with Crippen LogP contribution in [0.25, 0.3) is 22.2 Å². The van der Waals surface area contributed by atoms with Gasteiger partial charge in [-0.15, -0.1) is 0 Å². The summed E-state index contributed by atoms with van der Waals surface area (Å²) < 4.78 is 102. The highest BCUT2D eigenvalue weighted by Crippen LogP contribution is 2.48. The van der Waals surface area contributed by atoms with Gasteiger partial charge < -0.3 is 24.6 Å². The van der Waals surface area contributed by atoms with Gasteiger partial charge in [0.25, 0.3) is 5.91 Å². The van der Waals surface area contributed by atoms with E-state index in [9.17, 15) is 36.2 Å². The van der Waals surface area contributed by atoms with E-state index in [1.807, 2.05) is 0 Å². The van der Waals surface area contributed by atoms with Gasteiger partial charge in [0.2, 0.25) is 5.60 Å². The molecule has 2 N–H and O–H groups in total. The lowest BCUT2D eigenvalue weighted by atomic mass is 9.82. The largest absolute Gasteiger partial charge is 0.495 e. The smallest absolute Gasteiger partial charge is 0.424 e. The van der Waals surface area contributed by atoms with Gasteiger partial charge in [-0.1, -0.05) is 0 Å². The van der Waals surface area contributed by atoms with Crippen LogP contribution in [-0.2, 0) is 11.0 Å². The minimum absolute atomic E-state index is 0.0684. The van der Waals surface area contributed by atoms with Crippen molar-refractivity contribution in [2.75, 3.05) is 40.7 Å². The zero-order valence-electron chi connectivity index (χ0n) is 23.3. The Morgan fingerprint density at radius 1 is 1.07 bits per heavy atom. The third kappa shape index (κ3) is 5.23. The number of benzene rings is 2. The number of carbonyl (C=O) groups is 1. The number of aromatic nitrogens is 2. The number of fused-ring (bicyclic) bond motifs is 2. The lowest BCUT2D eigenvalue weighted by Crippen LogP contribution is -2.51. The molecule has 0 aliphatic carbocycles. The van der Waals surface area contributed by atoms with Gasteiger partial charge in [-0.05, 0) is 48.5 Å². The lowest BCUT2D eigenvalue weighted by molar-refractivity contribution is -0.265. The van der Waals surface area contributed by atoms with Crippen molar-refractivity contribution in [3.05, 3.63) is 77.4 Å². The molecule has 1 aliphatic rings. The van der Waals surface area contributed by atoms with Crippen molar-refractivity contribution in [1.82, 2.24) is 15.3 Å². The van der Waals surface area contributed by atoms with Crippen LogP contribution in [0.4, 0.5) is 26.3 Å². The first-order valence-corrected chi connectivity index (χ1v) is 13.1. The minimum atomic E-state index is -5.44. The molecule has 0 fully saturated rings. The highest BCUT2D eigenvalue weighted by Gasteiger charge is 2.57. The zero-order chi connectivity index (χ0) is 31.9. The molecule has 1 aliphatic heterocycles. The maximum Gasteiger partial charge on any atom is 0.424 e. The SMILES string of the molecule is COc1cnc2c(OC)cc(C(=O)NCC(O)(c3cc4c(c(-c5ccc(F)cc5)n3)OCC4(CF)CF)C(F)(F)F)cc2c1. The van der Waals surface area contributed by atoms with E-state index in [1.54, 1.807) is 6.07 Å². The van der Waals surface area contributed by atoms with E-state index < -0.39 is 61.1 Å². The number of hydrogen-bond donors (Lipinski definition) is 2. The predicted molar refractivity (Wildman–Crippen MR) is 146 cm³/mol. The molecule has 232 valence electrons. The van der Waals surface area contributed by atoms with Crippen LogP contribution in [0.5, 0.6) is 17.2 Å². The summed E-state index contributed by atoms with van der Waals surface area (Å²) in [5.41, 5.74) is -7.13. The van der Waals surface area contributed by atoms with Gasteiger partial charge in [-0.3, -0.25) is 4.79 Å². The van der Waals surface area contributed by atoms with Crippen molar-refractivity contribution >= 4 is 16.8 Å². The molecule has 5 rings (SSSR count). The molecule has 1 atom stereocenters. The van der Waals surface area contributed by atoms with E-state index >= 15 is 0 Å². The lowest BCUT2D eigenvalue weighted by Gasteiger charge is -2.31. The highest BCUT2D eigenvalue weighted by atomic mass is 19.4. The van der Waals surface area contributed by atoms with Gasteiger partial charge in [0.15, 0.2) is 0 Å². The number of hydrogen-bond acceptors (Lipinski definition) is 7. The zero-order valence-corrected chi connectivity index (χ0v) is 23.3. The van der Waals surface area contributed by atoms with Crippen molar-refractivity contribution in [1.29, 1.82) is 0 Å². The Kier molecular flexibility index (Phi) is 8.05. The molecule has 2 aromatic heterocycles. The molecule has 44 heavy (non-hydrogen) atoms. The minimum Gasteiger partial charge on any atom is -0.495 e. The second-order valence-corrected chi connectivity index (χ2v) is 10.2. The second kappa shape index (κ2) is 11.5. The number of nitrogens with one attached hydrogen (secondary N) is 1. The van der Waals surface area contributed by atoms with E-state index in [0.29, 0.717) is 16.7 Å². The van der Waals surface area contributed by atoms with Crippen LogP contribution in [0, 0.1) is 5.82 Å². The Morgan fingerprint density at radius 2 is 1.77 bits per heavy atom. The quantitative estimate of drug-likeness (QED) is 0.248. The summed E-state index contributed by atoms with van der Waals surface area (Å²) in [4.78, 5) is 21.4. The maximum absolute atomic E-state index is 14.6. The van der Waals surface area contributed by atoms with E-state index in [2.05, 4.69) is 15.3 Å². The van der Waals surface area contributed by atoms with Gasteiger partial charge in [0, 0.05) is 22.1 Å². The normalized spacial score (nSPS) is 15.3. The van der Waals surface area contributed by atoms with Gasteiger partial charge >= 0.3 is 6.18 Å². The molecule has 8 nitrogen and oxygen atoms in total. The number of alkyl halides is 5. The summed E-state index contributed by atoms with van der Waals surface area (Å²) in [6.45, 7) is -4.63. The van der Waals surface area contributed by atoms with Crippen molar-refractivity contribution in [2.45, 2.75) is 17.2 Å². The number of halogens is 6. The molecule has 2 aromatic carbocycles. The number of aliphatic hydroxyl groups is 1. The van der Waals surface area contributed by atoms with Crippen molar-refractivity contribution in [2.24, 2.45) is 0 Å². The van der Waals surface area contributed by atoms with Gasteiger partial charge in [-0.2, -0.15) is 13.2 Å². The Morgan fingerprint density at radius 3 is 2.39 bits per heavy atom. The average Bonchev–Trinajstić information content (AvgIpc) is 3.41. The van der Waals surface area contributed by atoms with E-state index in [1.165, 1.54) is 44.7 Å². The first kappa shape index (κ1) is 30.9. The third-order valence-electron chi connectivity index (χ3n) is 7.50. The number of amides is 1. The molecule has 4 aromatic rings. The summed E-state index contributed by atoms with van der Waals surface area (Å²) in [5.74, 6) is -1.36. The Bertz CT molecular complexity index is 1710. The average molecular weight is 622 g/mol. The van der Waals surface area contributed by atoms with E-state index in [0.717, 1.165) is 18.2 Å². The molecule has 1 unspecified atom stereocenters. The molecule has 0 saturated heterocycles. The monoisotopic (exact) mass is 621 g/mol. The molecular formula is C30H25F6N3O5. The summed E-state index contributed by atoms with van der Waals surface area (Å²) >= 11 is 0. The van der Waals surface area contributed by atoms with Crippen LogP contribution in [0.15, 0.2) is 54.7 Å².